The van der Waals surface area contributed by atoms with Gasteiger partial charge in [-0.1, -0.05) is 0 Å². The average molecular weight is 180 g/mol. The summed E-state index contributed by atoms with van der Waals surface area (Å²) in [4.78, 5) is 21.1. The number of rotatable bonds is 3. The minimum absolute atomic E-state index is 0.237. The lowest BCUT2D eigenvalue weighted by Gasteiger charge is -1.94. The maximum absolute atomic E-state index is 11.0. The van der Waals surface area contributed by atoms with Crippen molar-refractivity contribution in [3.8, 4) is 0 Å². The third-order valence-electron chi connectivity index (χ3n) is 1.41. The summed E-state index contributed by atoms with van der Waals surface area (Å²) in [6.07, 6.45) is 4.81. The van der Waals surface area contributed by atoms with Gasteiger partial charge in [0.2, 0.25) is 0 Å². The summed E-state index contributed by atoms with van der Waals surface area (Å²) in [6.45, 7) is 0. The quantitative estimate of drug-likeness (QED) is 0.415. The van der Waals surface area contributed by atoms with Crippen LogP contribution < -0.4 is 0 Å². The molecular weight excluding hydrogens is 172 g/mol. The Balaban J connectivity index is 2.95. The summed E-state index contributed by atoms with van der Waals surface area (Å²) in [5.41, 5.74) is 0.763. The van der Waals surface area contributed by atoms with Gasteiger partial charge in [-0.3, -0.25) is 9.89 Å². The molecule has 0 amide bonds. The maximum Gasteiger partial charge on any atom is 0.356 e. The first-order valence-electron chi connectivity index (χ1n) is 3.53. The van der Waals surface area contributed by atoms with Crippen LogP contribution in [0.5, 0.6) is 0 Å². The Kier molecular flexibility index (Phi) is 2.97. The first-order valence-corrected chi connectivity index (χ1v) is 3.53. The van der Waals surface area contributed by atoms with Crippen LogP contribution in [0.25, 0.3) is 6.08 Å². The van der Waals surface area contributed by atoms with Gasteiger partial charge in [0.25, 0.3) is 0 Å². The molecule has 0 radical (unpaired) electrons. The number of nitrogens with one attached hydrogen (secondary N) is 1. The number of allylic oxidation sites excluding steroid dienone is 1. The molecule has 5 nitrogen and oxygen atoms in total. The normalized spacial score (nSPS) is 10.2. The van der Waals surface area contributed by atoms with Gasteiger partial charge in [-0.25, -0.2) is 4.79 Å². The molecule has 68 valence electrons. The smallest absolute Gasteiger partial charge is 0.356 e. The molecule has 5 heteroatoms. The Labute approximate surface area is 74.4 Å². The highest BCUT2D eigenvalue weighted by atomic mass is 16.5. The number of H-pyrrole nitrogens is 1. The molecule has 0 atom stereocenters. The van der Waals surface area contributed by atoms with Crippen LogP contribution in [0, 0.1) is 0 Å². The first-order chi connectivity index (χ1) is 6.29. The van der Waals surface area contributed by atoms with E-state index in [1.165, 1.54) is 25.5 Å². The largest absolute Gasteiger partial charge is 0.464 e. The molecule has 0 fully saturated rings. The molecule has 1 aromatic heterocycles. The van der Waals surface area contributed by atoms with E-state index in [1.54, 1.807) is 0 Å². The van der Waals surface area contributed by atoms with Crippen LogP contribution in [0.4, 0.5) is 0 Å². The Hall–Kier alpha value is -1.91. The van der Waals surface area contributed by atoms with E-state index in [-0.39, 0.29) is 5.69 Å². The predicted molar refractivity (Wildman–Crippen MR) is 45.0 cm³/mol. The molecule has 1 aromatic rings. The summed E-state index contributed by atoms with van der Waals surface area (Å²) in [5.74, 6) is -0.511. The molecule has 1 heterocycles. The number of hydrogen-bond donors (Lipinski definition) is 1. The van der Waals surface area contributed by atoms with Crippen molar-refractivity contribution < 1.29 is 14.3 Å². The van der Waals surface area contributed by atoms with Crippen molar-refractivity contribution >= 4 is 18.3 Å². The second kappa shape index (κ2) is 4.20. The Bertz CT molecular complexity index is 341. The molecule has 0 aromatic carbocycles. The van der Waals surface area contributed by atoms with E-state index in [1.807, 2.05) is 0 Å². The SMILES string of the molecule is COC(=O)c1[nH]ncc1C=CC=O. The summed E-state index contributed by atoms with van der Waals surface area (Å²) in [6, 6.07) is 0. The van der Waals surface area contributed by atoms with Gasteiger partial charge in [-0.2, -0.15) is 5.10 Å². The van der Waals surface area contributed by atoms with Gasteiger partial charge in [0.05, 0.1) is 13.3 Å². The molecule has 0 bridgehead atoms. The van der Waals surface area contributed by atoms with E-state index in [2.05, 4.69) is 14.9 Å². The van der Waals surface area contributed by atoms with Gasteiger partial charge in [-0.05, 0) is 12.2 Å². The lowest BCUT2D eigenvalue weighted by Crippen LogP contribution is -2.03. The molecular formula is C8H8N2O3. The predicted octanol–water partition coefficient (Wildman–Crippen LogP) is 0.408. The zero-order valence-electron chi connectivity index (χ0n) is 6.98. The fourth-order valence-electron chi connectivity index (χ4n) is 0.830. The molecule has 0 aliphatic carbocycles. The summed E-state index contributed by atoms with van der Waals surface area (Å²) >= 11 is 0. The summed E-state index contributed by atoms with van der Waals surface area (Å²) < 4.78 is 4.48. The van der Waals surface area contributed by atoms with E-state index in [4.69, 9.17) is 0 Å². The van der Waals surface area contributed by atoms with Gasteiger partial charge >= 0.3 is 5.97 Å². The highest BCUT2D eigenvalue weighted by molar-refractivity contribution is 5.92. The number of hydrogen-bond acceptors (Lipinski definition) is 4. The molecule has 0 aliphatic rings. The monoisotopic (exact) mass is 180 g/mol. The zero-order valence-corrected chi connectivity index (χ0v) is 6.98. The van der Waals surface area contributed by atoms with E-state index < -0.39 is 5.97 Å². The minimum atomic E-state index is -0.511. The number of aromatic amines is 1. The topological polar surface area (TPSA) is 72.1 Å². The van der Waals surface area contributed by atoms with Gasteiger partial charge in [0, 0.05) is 5.56 Å². The van der Waals surface area contributed by atoms with Crippen LogP contribution in [0.2, 0.25) is 0 Å². The molecule has 1 rings (SSSR count). The highest BCUT2D eigenvalue weighted by Crippen LogP contribution is 2.07. The van der Waals surface area contributed by atoms with Crippen LogP contribution in [0.15, 0.2) is 12.3 Å². The van der Waals surface area contributed by atoms with Crippen molar-refractivity contribution in [3.05, 3.63) is 23.5 Å². The van der Waals surface area contributed by atoms with Crippen molar-refractivity contribution in [2.45, 2.75) is 0 Å². The third-order valence-corrected chi connectivity index (χ3v) is 1.41. The van der Waals surface area contributed by atoms with Gasteiger partial charge < -0.3 is 4.74 Å². The fraction of sp³-hybridized carbons (Fsp3) is 0.125. The Morgan fingerprint density at radius 3 is 3.08 bits per heavy atom. The third kappa shape index (κ3) is 2.02. The maximum atomic E-state index is 11.0. The number of methoxy groups -OCH3 is 1. The average Bonchev–Trinajstić information content (AvgIpc) is 2.61. The van der Waals surface area contributed by atoms with E-state index in [0.29, 0.717) is 11.8 Å². The molecule has 0 spiro atoms. The molecule has 13 heavy (non-hydrogen) atoms. The minimum Gasteiger partial charge on any atom is -0.464 e. The molecule has 0 saturated heterocycles. The van der Waals surface area contributed by atoms with Gasteiger partial charge in [-0.15, -0.1) is 0 Å². The van der Waals surface area contributed by atoms with E-state index >= 15 is 0 Å². The molecule has 0 aliphatic heterocycles. The van der Waals surface area contributed by atoms with Gasteiger partial charge in [0.1, 0.15) is 6.29 Å². The fourth-order valence-corrected chi connectivity index (χ4v) is 0.830. The highest BCUT2D eigenvalue weighted by Gasteiger charge is 2.11. The second-order valence-electron chi connectivity index (χ2n) is 2.19. The van der Waals surface area contributed by atoms with Crippen LogP contribution in [-0.4, -0.2) is 29.6 Å². The van der Waals surface area contributed by atoms with Crippen molar-refractivity contribution in [2.24, 2.45) is 0 Å². The molecule has 1 N–H and O–H groups in total. The molecule has 0 unspecified atom stereocenters. The van der Waals surface area contributed by atoms with Crippen molar-refractivity contribution in [1.82, 2.24) is 10.2 Å². The zero-order chi connectivity index (χ0) is 9.68. The number of carbonyl (C=O) groups excluding carboxylic acids is 2. The van der Waals surface area contributed by atoms with Crippen LogP contribution in [0.3, 0.4) is 0 Å². The van der Waals surface area contributed by atoms with Crippen molar-refractivity contribution in [1.29, 1.82) is 0 Å². The van der Waals surface area contributed by atoms with Crippen LogP contribution in [-0.2, 0) is 9.53 Å². The number of aldehydes is 1. The Morgan fingerprint density at radius 1 is 1.69 bits per heavy atom. The Morgan fingerprint density at radius 2 is 2.46 bits per heavy atom. The van der Waals surface area contributed by atoms with Crippen LogP contribution in [0.1, 0.15) is 16.1 Å². The molecule has 0 saturated carbocycles. The van der Waals surface area contributed by atoms with Crippen LogP contribution >= 0.6 is 0 Å². The summed E-state index contributed by atoms with van der Waals surface area (Å²) in [7, 11) is 1.27. The van der Waals surface area contributed by atoms with Gasteiger partial charge in [0.15, 0.2) is 5.69 Å². The van der Waals surface area contributed by atoms with Crippen molar-refractivity contribution in [3.63, 3.8) is 0 Å². The number of carbonyl (C=O) groups is 2. The van der Waals surface area contributed by atoms with Crippen molar-refractivity contribution in [2.75, 3.05) is 7.11 Å². The number of aromatic nitrogens is 2. The lowest BCUT2D eigenvalue weighted by molar-refractivity contribution is -0.104. The van der Waals surface area contributed by atoms with E-state index in [0.717, 1.165) is 0 Å². The second-order valence-corrected chi connectivity index (χ2v) is 2.19. The lowest BCUT2D eigenvalue weighted by atomic mass is 10.2. The first kappa shape index (κ1) is 9.18. The van der Waals surface area contributed by atoms with E-state index in [9.17, 15) is 9.59 Å². The number of ether oxygens (including phenoxy) is 1. The summed E-state index contributed by atoms with van der Waals surface area (Å²) in [5, 5.41) is 6.12. The number of nitrogens with zero attached hydrogens (tertiary/aromatic N) is 1. The standard InChI is InChI=1S/C8H8N2O3/c1-13-8(12)7-6(3-2-4-11)5-9-10-7/h2-5H,1H3,(H,9,10). The number of esters is 1.